The van der Waals surface area contributed by atoms with E-state index in [0.29, 0.717) is 6.42 Å². The van der Waals surface area contributed by atoms with Gasteiger partial charge in [0.25, 0.3) is 5.91 Å². The van der Waals surface area contributed by atoms with Crippen LogP contribution in [0.3, 0.4) is 0 Å². The number of carbonyl (C=O) groups is 2. The van der Waals surface area contributed by atoms with Crippen LogP contribution in [0.2, 0.25) is 0 Å². The van der Waals surface area contributed by atoms with Gasteiger partial charge in [0.05, 0.1) is 5.75 Å². The van der Waals surface area contributed by atoms with Gasteiger partial charge in [-0.1, -0.05) is 24.3 Å². The summed E-state index contributed by atoms with van der Waals surface area (Å²) in [6.07, 6.45) is 3.33. The van der Waals surface area contributed by atoms with E-state index in [9.17, 15) is 18.0 Å². The van der Waals surface area contributed by atoms with Crippen molar-refractivity contribution in [3.05, 3.63) is 35.4 Å². The number of nitrogens with zero attached hydrogens (tertiary/aromatic N) is 1. The molecule has 7 heteroatoms. The second-order valence-corrected chi connectivity index (χ2v) is 8.19. The topological polar surface area (TPSA) is 83.6 Å². The number of amides is 3. The molecule has 0 unspecified atom stereocenters. The Kier molecular flexibility index (Phi) is 3.47. The maximum atomic E-state index is 12.8. The molecule has 3 rings (SSSR count). The zero-order valence-corrected chi connectivity index (χ0v) is 13.1. The van der Waals surface area contributed by atoms with E-state index < -0.39 is 21.4 Å². The molecule has 1 aromatic rings. The van der Waals surface area contributed by atoms with E-state index in [4.69, 9.17) is 0 Å². The third-order valence-electron chi connectivity index (χ3n) is 4.34. The number of nitrogens with one attached hydrogen (secondary N) is 1. The van der Waals surface area contributed by atoms with Crippen LogP contribution in [0.5, 0.6) is 0 Å². The summed E-state index contributed by atoms with van der Waals surface area (Å²) in [6, 6.07) is 7.09. The number of rotatable bonds is 3. The lowest BCUT2D eigenvalue weighted by atomic mass is 9.76. The summed E-state index contributed by atoms with van der Waals surface area (Å²) in [5.74, 6) is -0.558. The second kappa shape index (κ2) is 5.08. The smallest absolute Gasteiger partial charge is 0.319 e. The van der Waals surface area contributed by atoms with Gasteiger partial charge >= 0.3 is 6.03 Å². The molecule has 0 saturated carbocycles. The fourth-order valence-electron chi connectivity index (χ4n) is 3.27. The fraction of sp³-hybridized carbons (Fsp3) is 0.467. The van der Waals surface area contributed by atoms with Crippen molar-refractivity contribution in [2.24, 2.45) is 0 Å². The Morgan fingerprint density at radius 3 is 2.73 bits per heavy atom. The largest absolute Gasteiger partial charge is 0.325 e. The number of imide groups is 1. The highest BCUT2D eigenvalue weighted by Crippen LogP contribution is 2.39. The number of urea groups is 1. The number of hydrogen-bond donors (Lipinski definition) is 1. The number of carbonyl (C=O) groups excluding carboxylic acids is 2. The quantitative estimate of drug-likeness (QED) is 0.835. The molecular formula is C15H18N2O4S. The van der Waals surface area contributed by atoms with Crippen molar-refractivity contribution in [1.82, 2.24) is 10.2 Å². The summed E-state index contributed by atoms with van der Waals surface area (Å²) in [5, 5.41) is 2.80. The van der Waals surface area contributed by atoms with Crippen LogP contribution in [0.1, 0.15) is 24.0 Å². The summed E-state index contributed by atoms with van der Waals surface area (Å²) in [5.41, 5.74) is 0.873. The normalized spacial score (nSPS) is 24.5. The highest BCUT2D eigenvalue weighted by molar-refractivity contribution is 7.90. The lowest BCUT2D eigenvalue weighted by Crippen LogP contribution is -2.46. The van der Waals surface area contributed by atoms with Crippen LogP contribution in [0.4, 0.5) is 4.79 Å². The first-order valence-electron chi connectivity index (χ1n) is 7.24. The van der Waals surface area contributed by atoms with Crippen molar-refractivity contribution in [3.63, 3.8) is 0 Å². The van der Waals surface area contributed by atoms with Crippen LogP contribution >= 0.6 is 0 Å². The average molecular weight is 322 g/mol. The van der Waals surface area contributed by atoms with Gasteiger partial charge in [-0.3, -0.25) is 9.69 Å². The standard InChI is InChI=1S/C15H18N2O4S/c1-22(20,21)10-9-17-13(18)15(16-14(17)19)8-4-6-11-5-2-3-7-12(11)15/h2-3,5,7H,4,6,8-10H2,1H3,(H,16,19)/t15-/m1/s1. The Labute approximate surface area is 129 Å². The van der Waals surface area contributed by atoms with Crippen LogP contribution in [-0.4, -0.2) is 43.8 Å². The summed E-state index contributed by atoms with van der Waals surface area (Å²) >= 11 is 0. The van der Waals surface area contributed by atoms with E-state index in [-0.39, 0.29) is 18.2 Å². The van der Waals surface area contributed by atoms with Gasteiger partial charge in [-0.2, -0.15) is 0 Å². The van der Waals surface area contributed by atoms with E-state index >= 15 is 0 Å². The van der Waals surface area contributed by atoms with Gasteiger partial charge in [-0.05, 0) is 30.4 Å². The molecule has 1 aliphatic carbocycles. The van der Waals surface area contributed by atoms with Crippen LogP contribution in [0.25, 0.3) is 0 Å². The minimum Gasteiger partial charge on any atom is -0.319 e. The van der Waals surface area contributed by atoms with Crippen molar-refractivity contribution >= 4 is 21.8 Å². The van der Waals surface area contributed by atoms with E-state index in [1.165, 1.54) is 0 Å². The van der Waals surface area contributed by atoms with Crippen LogP contribution in [-0.2, 0) is 26.6 Å². The number of benzene rings is 1. The third kappa shape index (κ3) is 2.39. The zero-order chi connectivity index (χ0) is 16.0. The van der Waals surface area contributed by atoms with Crippen LogP contribution < -0.4 is 5.32 Å². The minimum absolute atomic E-state index is 0.104. The molecule has 3 amide bonds. The first kappa shape index (κ1) is 15.0. The third-order valence-corrected chi connectivity index (χ3v) is 5.26. The van der Waals surface area contributed by atoms with Gasteiger partial charge in [-0.15, -0.1) is 0 Å². The summed E-state index contributed by atoms with van der Waals surface area (Å²) in [4.78, 5) is 26.0. The Hall–Kier alpha value is -1.89. The minimum atomic E-state index is -3.24. The maximum absolute atomic E-state index is 12.8. The molecule has 0 radical (unpaired) electrons. The molecule has 1 fully saturated rings. The van der Waals surface area contributed by atoms with Gasteiger partial charge in [-0.25, -0.2) is 13.2 Å². The molecular weight excluding hydrogens is 304 g/mol. The van der Waals surface area contributed by atoms with E-state index in [2.05, 4.69) is 5.32 Å². The Morgan fingerprint density at radius 1 is 1.27 bits per heavy atom. The molecule has 0 bridgehead atoms. The predicted molar refractivity (Wildman–Crippen MR) is 81.0 cm³/mol. The van der Waals surface area contributed by atoms with E-state index in [0.717, 1.165) is 35.1 Å². The monoisotopic (exact) mass is 322 g/mol. The highest BCUT2D eigenvalue weighted by Gasteiger charge is 2.53. The van der Waals surface area contributed by atoms with E-state index in [1.807, 2.05) is 24.3 Å². The molecule has 1 spiro atoms. The molecule has 6 nitrogen and oxygen atoms in total. The zero-order valence-electron chi connectivity index (χ0n) is 12.3. The lowest BCUT2D eigenvalue weighted by Gasteiger charge is -2.33. The maximum Gasteiger partial charge on any atom is 0.325 e. The number of fused-ring (bicyclic) bond motifs is 2. The molecule has 1 N–H and O–H groups in total. The molecule has 1 saturated heterocycles. The second-order valence-electron chi connectivity index (χ2n) is 5.93. The Bertz CT molecular complexity index is 744. The van der Waals surface area contributed by atoms with Crippen molar-refractivity contribution in [2.75, 3.05) is 18.6 Å². The molecule has 1 aliphatic heterocycles. The number of hydrogen-bond acceptors (Lipinski definition) is 4. The molecule has 118 valence electrons. The van der Waals surface area contributed by atoms with Crippen molar-refractivity contribution in [2.45, 2.75) is 24.8 Å². The SMILES string of the molecule is CS(=O)(=O)CCN1C(=O)N[C@@]2(CCCc3ccccc32)C1=O. The van der Waals surface area contributed by atoms with E-state index in [1.54, 1.807) is 0 Å². The molecule has 0 aromatic heterocycles. The van der Waals surface area contributed by atoms with Crippen LogP contribution in [0.15, 0.2) is 24.3 Å². The first-order valence-corrected chi connectivity index (χ1v) is 9.30. The van der Waals surface area contributed by atoms with Crippen molar-refractivity contribution in [1.29, 1.82) is 0 Å². The molecule has 1 atom stereocenters. The molecule has 1 heterocycles. The highest BCUT2D eigenvalue weighted by atomic mass is 32.2. The van der Waals surface area contributed by atoms with Crippen LogP contribution in [0, 0.1) is 0 Å². The number of aryl methyl sites for hydroxylation is 1. The van der Waals surface area contributed by atoms with Crippen molar-refractivity contribution < 1.29 is 18.0 Å². The number of sulfone groups is 1. The Morgan fingerprint density at radius 2 is 2.00 bits per heavy atom. The summed E-state index contributed by atoms with van der Waals surface area (Å²) in [6.45, 7) is -0.104. The van der Waals surface area contributed by atoms with Gasteiger partial charge in [0.2, 0.25) is 0 Å². The Balaban J connectivity index is 1.94. The fourth-order valence-corrected chi connectivity index (χ4v) is 3.79. The summed E-state index contributed by atoms with van der Waals surface area (Å²) < 4.78 is 22.6. The average Bonchev–Trinajstić information content (AvgIpc) is 2.68. The van der Waals surface area contributed by atoms with Crippen molar-refractivity contribution in [3.8, 4) is 0 Å². The molecule has 2 aliphatic rings. The summed E-state index contributed by atoms with van der Waals surface area (Å²) in [7, 11) is -3.24. The van der Waals surface area contributed by atoms with Gasteiger partial charge in [0, 0.05) is 12.8 Å². The predicted octanol–water partition coefficient (Wildman–Crippen LogP) is 0.815. The molecule has 22 heavy (non-hydrogen) atoms. The first-order chi connectivity index (χ1) is 10.3. The molecule has 1 aromatic carbocycles. The van der Waals surface area contributed by atoms with Gasteiger partial charge < -0.3 is 5.32 Å². The van der Waals surface area contributed by atoms with Gasteiger partial charge in [0.15, 0.2) is 0 Å². The van der Waals surface area contributed by atoms with Gasteiger partial charge in [0.1, 0.15) is 15.4 Å². The lowest BCUT2D eigenvalue weighted by molar-refractivity contribution is -0.132.